The molecule has 2 amide bonds. The molecule has 0 aromatic heterocycles. The third-order valence-corrected chi connectivity index (χ3v) is 4.65. The predicted molar refractivity (Wildman–Crippen MR) is 81.0 cm³/mol. The molecule has 5 nitrogen and oxygen atoms in total. The number of carbonyl (C=O) groups excluding carboxylic acids is 2. The zero-order valence-corrected chi connectivity index (χ0v) is 12.0. The Hall–Kier alpha value is -1.69. The second-order valence-electron chi connectivity index (χ2n) is 5.03. The molecule has 2 N–H and O–H groups in total. The molecule has 0 aliphatic carbocycles. The second kappa shape index (κ2) is 5.36. The van der Waals surface area contributed by atoms with Crippen LogP contribution in [0, 0.1) is 0 Å². The quantitative estimate of drug-likeness (QED) is 0.843. The van der Waals surface area contributed by atoms with E-state index in [0.717, 1.165) is 35.5 Å². The molecule has 0 radical (unpaired) electrons. The van der Waals surface area contributed by atoms with Gasteiger partial charge in [-0.3, -0.25) is 9.59 Å². The maximum atomic E-state index is 12.5. The Morgan fingerprint density at radius 1 is 1.35 bits per heavy atom. The van der Waals surface area contributed by atoms with E-state index in [0.29, 0.717) is 13.1 Å². The van der Waals surface area contributed by atoms with Crippen molar-refractivity contribution >= 4 is 34.3 Å². The van der Waals surface area contributed by atoms with E-state index in [2.05, 4.69) is 0 Å². The van der Waals surface area contributed by atoms with Crippen molar-refractivity contribution in [3.05, 3.63) is 23.8 Å². The van der Waals surface area contributed by atoms with Crippen molar-refractivity contribution in [2.75, 3.05) is 36.0 Å². The van der Waals surface area contributed by atoms with E-state index < -0.39 is 0 Å². The highest BCUT2D eigenvalue weighted by molar-refractivity contribution is 8.13. The smallest absolute Gasteiger partial charge is 0.282 e. The summed E-state index contributed by atoms with van der Waals surface area (Å²) in [6, 6.07) is 5.67. The second-order valence-corrected chi connectivity index (χ2v) is 6.08. The van der Waals surface area contributed by atoms with Crippen LogP contribution in [-0.2, 0) is 11.2 Å². The lowest BCUT2D eigenvalue weighted by Gasteiger charge is -2.31. The van der Waals surface area contributed by atoms with Gasteiger partial charge in [0.2, 0.25) is 5.91 Å². The van der Waals surface area contributed by atoms with E-state index in [4.69, 9.17) is 5.73 Å². The number of benzene rings is 1. The first-order chi connectivity index (χ1) is 9.66. The molecular formula is C14H17N3O2S. The molecule has 2 aliphatic heterocycles. The van der Waals surface area contributed by atoms with Crippen LogP contribution in [0.4, 0.5) is 16.2 Å². The molecule has 0 spiro atoms. The van der Waals surface area contributed by atoms with E-state index in [1.807, 2.05) is 18.2 Å². The molecule has 6 heteroatoms. The molecule has 2 aliphatic rings. The van der Waals surface area contributed by atoms with Crippen LogP contribution in [0.1, 0.15) is 12.0 Å². The van der Waals surface area contributed by atoms with E-state index in [1.54, 1.807) is 9.80 Å². The van der Waals surface area contributed by atoms with Crippen molar-refractivity contribution in [3.8, 4) is 0 Å². The molecule has 0 bridgehead atoms. The zero-order valence-electron chi connectivity index (χ0n) is 11.2. The van der Waals surface area contributed by atoms with Crippen LogP contribution in [0.15, 0.2) is 18.2 Å². The molecule has 20 heavy (non-hydrogen) atoms. The number of rotatable bonds is 2. The van der Waals surface area contributed by atoms with Crippen LogP contribution in [0.5, 0.6) is 0 Å². The van der Waals surface area contributed by atoms with Gasteiger partial charge < -0.3 is 15.5 Å². The van der Waals surface area contributed by atoms with E-state index >= 15 is 0 Å². The van der Waals surface area contributed by atoms with Crippen molar-refractivity contribution in [3.63, 3.8) is 0 Å². The fraction of sp³-hybridized carbons (Fsp3) is 0.429. The van der Waals surface area contributed by atoms with Crippen molar-refractivity contribution in [2.45, 2.75) is 12.8 Å². The topological polar surface area (TPSA) is 66.6 Å². The van der Waals surface area contributed by atoms with Crippen LogP contribution < -0.4 is 10.6 Å². The van der Waals surface area contributed by atoms with Crippen LogP contribution in [0.2, 0.25) is 0 Å². The highest BCUT2D eigenvalue weighted by atomic mass is 32.2. The molecule has 1 fully saturated rings. The number of nitrogens with two attached hydrogens (primary N) is 1. The lowest BCUT2D eigenvalue weighted by Crippen LogP contribution is -2.43. The Balaban J connectivity index is 1.80. The van der Waals surface area contributed by atoms with Crippen LogP contribution in [0.25, 0.3) is 0 Å². The summed E-state index contributed by atoms with van der Waals surface area (Å²) in [5.41, 5.74) is 8.68. The maximum absolute atomic E-state index is 12.5. The number of carbonyl (C=O) groups is 2. The SMILES string of the molecule is Nc1cccc2c1CCCN2C(=O)CN1CCSC1=O. The average Bonchev–Trinajstić information content (AvgIpc) is 2.84. The van der Waals surface area contributed by atoms with Crippen LogP contribution >= 0.6 is 11.8 Å². The number of amides is 2. The molecule has 0 atom stereocenters. The summed E-state index contributed by atoms with van der Waals surface area (Å²) in [5.74, 6) is 0.753. The number of anilines is 2. The van der Waals surface area contributed by atoms with Gasteiger partial charge >= 0.3 is 0 Å². The van der Waals surface area contributed by atoms with Gasteiger partial charge in [-0.05, 0) is 30.5 Å². The monoisotopic (exact) mass is 291 g/mol. The molecular weight excluding hydrogens is 274 g/mol. The Bertz CT molecular complexity index is 561. The molecule has 1 aromatic rings. The van der Waals surface area contributed by atoms with Crippen molar-refractivity contribution in [1.82, 2.24) is 4.90 Å². The standard InChI is InChI=1S/C14H17N3O2S/c15-11-4-1-5-12-10(11)3-2-6-17(12)13(18)9-16-7-8-20-14(16)19/h1,4-5H,2-3,6-9,15H2. The van der Waals surface area contributed by atoms with Gasteiger partial charge in [0.1, 0.15) is 6.54 Å². The van der Waals surface area contributed by atoms with Crippen molar-refractivity contribution < 1.29 is 9.59 Å². The summed E-state index contributed by atoms with van der Waals surface area (Å²) in [7, 11) is 0. The number of fused-ring (bicyclic) bond motifs is 1. The lowest BCUT2D eigenvalue weighted by molar-refractivity contribution is -0.119. The van der Waals surface area contributed by atoms with E-state index in [-0.39, 0.29) is 17.7 Å². The van der Waals surface area contributed by atoms with Gasteiger partial charge in [0.05, 0.1) is 0 Å². The van der Waals surface area contributed by atoms with E-state index in [9.17, 15) is 9.59 Å². The minimum atomic E-state index is -0.0209. The van der Waals surface area contributed by atoms with Crippen LogP contribution in [-0.4, -0.2) is 41.4 Å². The summed E-state index contributed by atoms with van der Waals surface area (Å²) in [5, 5.41) is 0.00292. The number of hydrogen-bond donors (Lipinski definition) is 1. The van der Waals surface area contributed by atoms with Gasteiger partial charge in [-0.2, -0.15) is 0 Å². The fourth-order valence-corrected chi connectivity index (χ4v) is 3.55. The Labute approximate surface area is 122 Å². The first-order valence-electron chi connectivity index (χ1n) is 6.76. The molecule has 1 aromatic carbocycles. The molecule has 0 unspecified atom stereocenters. The molecule has 1 saturated heterocycles. The molecule has 0 saturated carbocycles. The van der Waals surface area contributed by atoms with Crippen molar-refractivity contribution in [1.29, 1.82) is 0 Å². The number of nitrogens with zero attached hydrogens (tertiary/aromatic N) is 2. The third kappa shape index (κ3) is 2.35. The number of hydrogen-bond acceptors (Lipinski definition) is 4. The minimum absolute atomic E-state index is 0.00292. The summed E-state index contributed by atoms with van der Waals surface area (Å²) in [4.78, 5) is 27.4. The highest BCUT2D eigenvalue weighted by Crippen LogP contribution is 2.31. The number of nitrogen functional groups attached to an aromatic ring is 1. The average molecular weight is 291 g/mol. The molecule has 2 heterocycles. The van der Waals surface area contributed by atoms with Gasteiger partial charge in [0, 0.05) is 30.2 Å². The number of thioether (sulfide) groups is 1. The summed E-state index contributed by atoms with van der Waals surface area (Å²) < 4.78 is 0. The first-order valence-corrected chi connectivity index (χ1v) is 7.75. The maximum Gasteiger partial charge on any atom is 0.282 e. The van der Waals surface area contributed by atoms with Gasteiger partial charge in [-0.25, -0.2) is 0 Å². The molecule has 3 rings (SSSR count). The van der Waals surface area contributed by atoms with Crippen molar-refractivity contribution in [2.24, 2.45) is 0 Å². The Morgan fingerprint density at radius 3 is 2.95 bits per heavy atom. The lowest BCUT2D eigenvalue weighted by atomic mass is 10.00. The Morgan fingerprint density at radius 2 is 2.20 bits per heavy atom. The summed E-state index contributed by atoms with van der Waals surface area (Å²) in [6.07, 6.45) is 1.82. The zero-order chi connectivity index (χ0) is 14.1. The highest BCUT2D eigenvalue weighted by Gasteiger charge is 2.28. The first kappa shape index (κ1) is 13.3. The third-order valence-electron chi connectivity index (χ3n) is 3.76. The molecule has 106 valence electrons. The fourth-order valence-electron chi connectivity index (χ4n) is 2.73. The van der Waals surface area contributed by atoms with Gasteiger partial charge in [-0.1, -0.05) is 17.8 Å². The van der Waals surface area contributed by atoms with Gasteiger partial charge in [0.15, 0.2) is 0 Å². The normalized spacial score (nSPS) is 18.3. The minimum Gasteiger partial charge on any atom is -0.398 e. The summed E-state index contributed by atoms with van der Waals surface area (Å²) in [6.45, 7) is 1.53. The largest absolute Gasteiger partial charge is 0.398 e. The van der Waals surface area contributed by atoms with E-state index in [1.165, 1.54) is 11.8 Å². The predicted octanol–water partition coefficient (Wildman–Crippen LogP) is 1.72. The summed E-state index contributed by atoms with van der Waals surface area (Å²) >= 11 is 1.28. The van der Waals surface area contributed by atoms with Gasteiger partial charge in [-0.15, -0.1) is 0 Å². The van der Waals surface area contributed by atoms with Gasteiger partial charge in [0.25, 0.3) is 5.24 Å². The van der Waals surface area contributed by atoms with Crippen LogP contribution in [0.3, 0.4) is 0 Å². The Kier molecular flexibility index (Phi) is 3.56.